The normalized spacial score (nSPS) is 12.0. The Balaban J connectivity index is 1.92. The molecule has 6 heteroatoms. The van der Waals surface area contributed by atoms with Gasteiger partial charge in [-0.2, -0.15) is 0 Å². The van der Waals surface area contributed by atoms with Gasteiger partial charge in [0.1, 0.15) is 11.6 Å². The molecule has 4 rings (SSSR count). The molecule has 0 aliphatic rings. The van der Waals surface area contributed by atoms with Crippen LogP contribution in [-0.4, -0.2) is 27.4 Å². The van der Waals surface area contributed by atoms with Gasteiger partial charge in [-0.1, -0.05) is 37.3 Å². The third kappa shape index (κ3) is 3.84. The fraction of sp³-hybridized carbons (Fsp3) is 0.160. The smallest absolute Gasteiger partial charge is 0.266 e. The van der Waals surface area contributed by atoms with E-state index in [1.807, 2.05) is 31.2 Å². The number of aromatic nitrogens is 2. The highest BCUT2D eigenvalue weighted by Gasteiger charge is 2.27. The van der Waals surface area contributed by atoms with Crippen molar-refractivity contribution in [1.29, 1.82) is 0 Å². The monoisotopic (exact) mass is 415 g/mol. The number of amides is 1. The fourth-order valence-corrected chi connectivity index (χ4v) is 3.77. The average Bonchev–Trinajstić information content (AvgIpc) is 2.80. The Bertz CT molecular complexity index is 1280. The molecule has 1 amide bonds. The third-order valence-corrected chi connectivity index (χ3v) is 5.38. The molecule has 4 aromatic rings. The quantitative estimate of drug-likeness (QED) is 0.473. The minimum atomic E-state index is -0.463. The van der Waals surface area contributed by atoms with Crippen molar-refractivity contribution in [3.8, 4) is 5.69 Å². The zero-order valence-corrected chi connectivity index (χ0v) is 17.3. The predicted octanol–water partition coefficient (Wildman–Crippen LogP) is 4.75. The van der Waals surface area contributed by atoms with E-state index in [0.29, 0.717) is 34.4 Å². The second-order valence-electron chi connectivity index (χ2n) is 7.31. The van der Waals surface area contributed by atoms with E-state index in [-0.39, 0.29) is 11.5 Å². The number of rotatable bonds is 5. The van der Waals surface area contributed by atoms with Crippen molar-refractivity contribution in [2.75, 3.05) is 7.05 Å². The number of nitrogens with zero attached hydrogens (tertiary/aromatic N) is 3. The number of fused-ring (bicyclic) bond motifs is 1. The molecule has 0 saturated heterocycles. The second-order valence-corrected chi connectivity index (χ2v) is 7.31. The van der Waals surface area contributed by atoms with Crippen molar-refractivity contribution in [3.63, 3.8) is 0 Å². The maximum absolute atomic E-state index is 13.5. The average molecular weight is 415 g/mol. The lowest BCUT2D eigenvalue weighted by atomic mass is 10.1. The Morgan fingerprint density at radius 3 is 2.32 bits per heavy atom. The van der Waals surface area contributed by atoms with E-state index in [2.05, 4.69) is 0 Å². The lowest BCUT2D eigenvalue weighted by Gasteiger charge is -2.29. The van der Waals surface area contributed by atoms with Crippen LogP contribution in [0.15, 0.2) is 83.7 Å². The van der Waals surface area contributed by atoms with E-state index >= 15 is 0 Å². The Morgan fingerprint density at radius 1 is 1.00 bits per heavy atom. The van der Waals surface area contributed by atoms with Crippen LogP contribution >= 0.6 is 0 Å². The molecule has 1 atom stereocenters. The summed E-state index contributed by atoms with van der Waals surface area (Å²) in [5.41, 5.74) is 1.35. The molecular formula is C25H22FN3O2. The molecule has 0 radical (unpaired) electrons. The van der Waals surface area contributed by atoms with Crippen LogP contribution < -0.4 is 5.56 Å². The summed E-state index contributed by atoms with van der Waals surface area (Å²) >= 11 is 0. The number of benzene rings is 3. The van der Waals surface area contributed by atoms with Crippen LogP contribution in [0.5, 0.6) is 0 Å². The predicted molar refractivity (Wildman–Crippen MR) is 119 cm³/mol. The molecule has 0 spiro atoms. The summed E-state index contributed by atoms with van der Waals surface area (Å²) in [4.78, 5) is 32.9. The standard InChI is InChI=1S/C25H22FN3O2/c1-3-22(28(2)24(30)17-9-5-4-6-10-17)23-27-21-12-8-7-11-20(21)25(31)29(23)19-15-13-18(26)14-16-19/h4-16,22H,3H2,1-2H3. The van der Waals surface area contributed by atoms with Crippen LogP contribution in [0.2, 0.25) is 0 Å². The van der Waals surface area contributed by atoms with Crippen LogP contribution in [0.25, 0.3) is 16.6 Å². The summed E-state index contributed by atoms with van der Waals surface area (Å²) in [5.74, 6) is -0.124. The number of halogens is 1. The van der Waals surface area contributed by atoms with E-state index < -0.39 is 11.9 Å². The summed E-state index contributed by atoms with van der Waals surface area (Å²) in [6.07, 6.45) is 0.543. The Kier molecular flexibility index (Phi) is 5.62. The van der Waals surface area contributed by atoms with Gasteiger partial charge < -0.3 is 4.90 Å². The molecular weight excluding hydrogens is 393 g/mol. The molecule has 0 saturated carbocycles. The van der Waals surface area contributed by atoms with Crippen molar-refractivity contribution >= 4 is 16.8 Å². The van der Waals surface area contributed by atoms with Crippen molar-refractivity contribution in [1.82, 2.24) is 14.5 Å². The number of carbonyl (C=O) groups excluding carboxylic acids is 1. The Hall–Kier alpha value is -3.80. The fourth-order valence-electron chi connectivity index (χ4n) is 3.77. The number of carbonyl (C=O) groups is 1. The van der Waals surface area contributed by atoms with Gasteiger partial charge in [-0.25, -0.2) is 9.37 Å². The van der Waals surface area contributed by atoms with Gasteiger partial charge in [0.15, 0.2) is 0 Å². The van der Waals surface area contributed by atoms with E-state index in [0.717, 1.165) is 0 Å². The number of hydrogen-bond donors (Lipinski definition) is 0. The van der Waals surface area contributed by atoms with Crippen LogP contribution in [-0.2, 0) is 0 Å². The summed E-state index contributed by atoms with van der Waals surface area (Å²) in [6.45, 7) is 1.94. The third-order valence-electron chi connectivity index (χ3n) is 5.38. The van der Waals surface area contributed by atoms with Crippen LogP contribution in [0.4, 0.5) is 4.39 Å². The van der Waals surface area contributed by atoms with E-state index in [9.17, 15) is 14.0 Å². The van der Waals surface area contributed by atoms with E-state index in [1.165, 1.54) is 16.7 Å². The van der Waals surface area contributed by atoms with Crippen LogP contribution in [0.1, 0.15) is 35.6 Å². The zero-order chi connectivity index (χ0) is 22.0. The number of para-hydroxylation sites is 1. The van der Waals surface area contributed by atoms with Gasteiger partial charge in [-0.05, 0) is 55.0 Å². The lowest BCUT2D eigenvalue weighted by molar-refractivity contribution is 0.0717. The van der Waals surface area contributed by atoms with Crippen molar-refractivity contribution in [3.05, 3.63) is 106 Å². The molecule has 3 aromatic carbocycles. The molecule has 156 valence electrons. The second kappa shape index (κ2) is 8.52. The minimum Gasteiger partial charge on any atom is -0.332 e. The number of hydrogen-bond acceptors (Lipinski definition) is 3. The van der Waals surface area contributed by atoms with E-state index in [4.69, 9.17) is 4.98 Å². The van der Waals surface area contributed by atoms with Gasteiger partial charge in [0, 0.05) is 12.6 Å². The van der Waals surface area contributed by atoms with Gasteiger partial charge in [0.05, 0.1) is 22.6 Å². The van der Waals surface area contributed by atoms with Crippen LogP contribution in [0.3, 0.4) is 0 Å². The SMILES string of the molecule is CCC(c1nc2ccccc2c(=O)n1-c1ccc(F)cc1)N(C)C(=O)c1ccccc1. The first-order chi connectivity index (χ1) is 15.0. The molecule has 0 bridgehead atoms. The topological polar surface area (TPSA) is 55.2 Å². The van der Waals surface area contributed by atoms with Gasteiger partial charge >= 0.3 is 0 Å². The molecule has 1 aromatic heterocycles. The van der Waals surface area contributed by atoms with Gasteiger partial charge in [-0.3, -0.25) is 14.2 Å². The first kappa shape index (κ1) is 20.5. The molecule has 1 unspecified atom stereocenters. The highest BCUT2D eigenvalue weighted by molar-refractivity contribution is 5.94. The van der Waals surface area contributed by atoms with Gasteiger partial charge in [0.25, 0.3) is 11.5 Å². The minimum absolute atomic E-state index is 0.166. The maximum Gasteiger partial charge on any atom is 0.266 e. The summed E-state index contributed by atoms with van der Waals surface area (Å²) in [5, 5.41) is 0.461. The van der Waals surface area contributed by atoms with Crippen molar-refractivity contribution < 1.29 is 9.18 Å². The lowest BCUT2D eigenvalue weighted by Crippen LogP contribution is -2.36. The molecule has 0 aliphatic heterocycles. The molecule has 0 fully saturated rings. The Morgan fingerprint density at radius 2 is 1.65 bits per heavy atom. The Labute approximate surface area is 179 Å². The van der Waals surface area contributed by atoms with Crippen molar-refractivity contribution in [2.45, 2.75) is 19.4 Å². The first-order valence-corrected chi connectivity index (χ1v) is 10.1. The van der Waals surface area contributed by atoms with E-state index in [1.54, 1.807) is 54.4 Å². The maximum atomic E-state index is 13.5. The summed E-state index contributed by atoms with van der Waals surface area (Å²) < 4.78 is 15.0. The molecule has 0 N–H and O–H groups in total. The van der Waals surface area contributed by atoms with Gasteiger partial charge in [-0.15, -0.1) is 0 Å². The zero-order valence-electron chi connectivity index (χ0n) is 17.3. The highest BCUT2D eigenvalue weighted by atomic mass is 19.1. The largest absolute Gasteiger partial charge is 0.332 e. The first-order valence-electron chi connectivity index (χ1n) is 10.1. The molecule has 31 heavy (non-hydrogen) atoms. The van der Waals surface area contributed by atoms with Crippen LogP contribution in [0, 0.1) is 5.82 Å². The summed E-state index contributed by atoms with van der Waals surface area (Å²) in [6, 6.07) is 21.3. The molecule has 0 aliphatic carbocycles. The molecule has 1 heterocycles. The summed E-state index contributed by atoms with van der Waals surface area (Å²) in [7, 11) is 1.71. The molecule has 5 nitrogen and oxygen atoms in total. The highest BCUT2D eigenvalue weighted by Crippen LogP contribution is 2.26. The van der Waals surface area contributed by atoms with Crippen molar-refractivity contribution in [2.24, 2.45) is 0 Å². The van der Waals surface area contributed by atoms with Gasteiger partial charge in [0.2, 0.25) is 0 Å².